The van der Waals surface area contributed by atoms with Gasteiger partial charge in [0.05, 0.1) is 15.8 Å². The Kier molecular flexibility index (Phi) is 10.9. The Hall–Kier alpha value is -4.23. The summed E-state index contributed by atoms with van der Waals surface area (Å²) in [5, 5.41) is 0. The molecule has 0 spiro atoms. The summed E-state index contributed by atoms with van der Waals surface area (Å²) in [5.74, 6) is -1.82. The van der Waals surface area contributed by atoms with Crippen molar-refractivity contribution in [1.29, 1.82) is 0 Å². The second kappa shape index (κ2) is 15.3. The first-order chi connectivity index (χ1) is 23.9. The molecule has 0 atom stereocenters. The summed E-state index contributed by atoms with van der Waals surface area (Å²) >= 11 is 1.49. The first kappa shape index (κ1) is 35.6. The van der Waals surface area contributed by atoms with Crippen LogP contribution in [-0.4, -0.2) is 78.8 Å². The molecule has 0 amide bonds. The van der Waals surface area contributed by atoms with Gasteiger partial charge in [0, 0.05) is 75.8 Å². The van der Waals surface area contributed by atoms with Crippen molar-refractivity contribution in [3.63, 3.8) is 0 Å². The second-order valence-corrected chi connectivity index (χ2v) is 13.8. The Morgan fingerprint density at radius 2 is 1.62 bits per heavy atom. The quantitative estimate of drug-likeness (QED) is 0.122. The van der Waals surface area contributed by atoms with Crippen molar-refractivity contribution in [3.8, 4) is 21.9 Å². The molecule has 0 unspecified atom stereocenters. The Balaban J connectivity index is 1.07. The van der Waals surface area contributed by atoms with Crippen LogP contribution in [0.5, 0.6) is 11.5 Å². The van der Waals surface area contributed by atoms with Crippen LogP contribution in [0, 0.1) is 11.6 Å². The molecular formula is C38H37F5N4O2S. The fraction of sp³-hybridized carbons (Fsp3) is 0.316. The Morgan fingerprint density at radius 1 is 0.880 bits per heavy atom. The van der Waals surface area contributed by atoms with Crippen molar-refractivity contribution in [2.75, 3.05) is 53.4 Å². The van der Waals surface area contributed by atoms with Gasteiger partial charge in [-0.15, -0.1) is 11.3 Å². The Bertz CT molecular complexity index is 1960. The number of thiophene rings is 1. The first-order valence-electron chi connectivity index (χ1n) is 16.3. The number of pyridine rings is 1. The van der Waals surface area contributed by atoms with Crippen LogP contribution >= 0.6 is 11.3 Å². The maximum absolute atomic E-state index is 15.2. The zero-order chi connectivity index (χ0) is 35.4. The second-order valence-electron chi connectivity index (χ2n) is 12.8. The monoisotopic (exact) mass is 708 g/mol. The van der Waals surface area contributed by atoms with E-state index in [0.29, 0.717) is 29.5 Å². The third kappa shape index (κ3) is 8.91. The molecule has 1 saturated heterocycles. The largest absolute Gasteiger partial charge is 0.453 e. The first-order valence-corrected chi connectivity index (χ1v) is 17.1. The summed E-state index contributed by atoms with van der Waals surface area (Å²) in [7, 11) is 4.31. The molecule has 262 valence electrons. The van der Waals surface area contributed by atoms with Crippen LogP contribution in [-0.2, 0) is 30.4 Å². The summed E-state index contributed by atoms with van der Waals surface area (Å²) < 4.78 is 75.1. The van der Waals surface area contributed by atoms with Gasteiger partial charge < -0.3 is 14.5 Å². The highest BCUT2D eigenvalue weighted by molar-refractivity contribution is 7.22. The molecule has 3 heterocycles. The molecule has 0 bridgehead atoms. The number of halogens is 5. The van der Waals surface area contributed by atoms with E-state index in [-0.39, 0.29) is 23.3 Å². The van der Waals surface area contributed by atoms with Gasteiger partial charge in [-0.05, 0) is 72.7 Å². The molecule has 0 aliphatic carbocycles. The molecule has 1 aliphatic heterocycles. The topological polar surface area (TPSA) is 48.9 Å². The number of likely N-dealkylation sites (N-methyl/N-ethyl adjacent to an activating group) is 2. The van der Waals surface area contributed by atoms with Gasteiger partial charge in [-0.1, -0.05) is 30.3 Å². The molecule has 6 nitrogen and oxygen atoms in total. The number of rotatable bonds is 12. The summed E-state index contributed by atoms with van der Waals surface area (Å²) in [6, 6.07) is 18.1. The maximum Gasteiger partial charge on any atom is 0.416 e. The van der Waals surface area contributed by atoms with Crippen LogP contribution in [0.1, 0.15) is 22.3 Å². The van der Waals surface area contributed by atoms with Gasteiger partial charge in [-0.25, -0.2) is 8.78 Å². The van der Waals surface area contributed by atoms with Crippen molar-refractivity contribution in [1.82, 2.24) is 19.7 Å². The van der Waals surface area contributed by atoms with Crippen LogP contribution in [0.4, 0.5) is 22.0 Å². The van der Waals surface area contributed by atoms with Crippen molar-refractivity contribution < 1.29 is 31.5 Å². The van der Waals surface area contributed by atoms with Gasteiger partial charge in [-0.2, -0.15) is 13.2 Å². The molecule has 2 aromatic heterocycles. The minimum Gasteiger partial charge on any atom is -0.453 e. The highest BCUT2D eigenvalue weighted by Gasteiger charge is 2.31. The number of nitrogens with zero attached hydrogens (tertiary/aromatic N) is 4. The van der Waals surface area contributed by atoms with E-state index in [0.717, 1.165) is 67.0 Å². The number of hydrogen-bond acceptors (Lipinski definition) is 7. The molecule has 0 N–H and O–H groups in total. The fourth-order valence-corrected chi connectivity index (χ4v) is 7.00. The number of fused-ring (bicyclic) bond motifs is 1. The average Bonchev–Trinajstić information content (AvgIpc) is 3.52. The zero-order valence-electron chi connectivity index (χ0n) is 27.8. The number of hydrogen-bond donors (Lipinski definition) is 0. The standard InChI is InChI=1S/C38H37F5N4O2S/c1-45-13-16-47(17-14-45)18-15-46(2)24-25-3-6-27(7-4-25)36-23-33-37(50-36)35(11-12-44-33)49-34-10-5-26(20-32(34)40)19-30(48)22-28-21-29(38(41,42)43)8-9-31(28)39/h3-12,20-21,23H,13-19,22,24H2,1-2H3. The van der Waals surface area contributed by atoms with Gasteiger partial charge in [0.15, 0.2) is 11.6 Å². The van der Waals surface area contributed by atoms with Crippen LogP contribution < -0.4 is 4.74 Å². The van der Waals surface area contributed by atoms with Gasteiger partial charge in [-0.3, -0.25) is 14.7 Å². The molecule has 5 aromatic rings. The normalized spacial score (nSPS) is 14.5. The molecule has 3 aromatic carbocycles. The molecule has 0 radical (unpaired) electrons. The lowest BCUT2D eigenvalue weighted by Gasteiger charge is -2.33. The lowest BCUT2D eigenvalue weighted by molar-refractivity contribution is -0.137. The Labute approximate surface area is 291 Å². The molecular weight excluding hydrogens is 672 g/mol. The van der Waals surface area contributed by atoms with Gasteiger partial charge in [0.2, 0.25) is 0 Å². The van der Waals surface area contributed by atoms with E-state index < -0.39 is 35.6 Å². The van der Waals surface area contributed by atoms with E-state index in [1.807, 2.05) is 6.07 Å². The van der Waals surface area contributed by atoms with E-state index in [4.69, 9.17) is 4.74 Å². The molecule has 6 rings (SSSR count). The predicted octanol–water partition coefficient (Wildman–Crippen LogP) is 8.09. The minimum absolute atomic E-state index is 0.0614. The van der Waals surface area contributed by atoms with Crippen LogP contribution in [0.2, 0.25) is 0 Å². The number of ketones is 1. The van der Waals surface area contributed by atoms with Crippen LogP contribution in [0.3, 0.4) is 0 Å². The smallest absolute Gasteiger partial charge is 0.416 e. The van der Waals surface area contributed by atoms with Crippen LogP contribution in [0.15, 0.2) is 79.0 Å². The SMILES string of the molecule is CN1CCN(CCN(C)Cc2ccc(-c3cc4nccc(Oc5ccc(CC(=O)Cc6cc(C(F)(F)F)ccc6F)cc5F)c4s3)cc2)CC1. The fourth-order valence-electron chi connectivity index (χ4n) is 5.93. The third-order valence-corrected chi connectivity index (χ3v) is 10.0. The Morgan fingerprint density at radius 3 is 2.34 bits per heavy atom. The highest BCUT2D eigenvalue weighted by Crippen LogP contribution is 2.40. The van der Waals surface area contributed by atoms with E-state index in [1.165, 1.54) is 29.0 Å². The number of aromatic nitrogens is 1. The molecule has 1 aliphatic rings. The van der Waals surface area contributed by atoms with Gasteiger partial charge >= 0.3 is 6.18 Å². The number of alkyl halides is 3. The number of carbonyl (C=O) groups is 1. The summed E-state index contributed by atoms with van der Waals surface area (Å²) in [4.78, 5) is 25.3. The number of ether oxygens (including phenoxy) is 1. The van der Waals surface area contributed by atoms with E-state index in [1.54, 1.807) is 12.3 Å². The summed E-state index contributed by atoms with van der Waals surface area (Å²) in [6.07, 6.45) is -3.91. The average molecular weight is 709 g/mol. The lowest BCUT2D eigenvalue weighted by Crippen LogP contribution is -2.46. The van der Waals surface area contributed by atoms with Gasteiger partial charge in [0.25, 0.3) is 0 Å². The number of benzene rings is 3. The number of Topliss-reactive ketones (excluding diaryl/α,β-unsaturated/α-hetero) is 1. The lowest BCUT2D eigenvalue weighted by atomic mass is 10.0. The van der Waals surface area contributed by atoms with E-state index in [9.17, 15) is 22.4 Å². The maximum atomic E-state index is 15.2. The zero-order valence-corrected chi connectivity index (χ0v) is 28.6. The van der Waals surface area contributed by atoms with E-state index >= 15 is 4.39 Å². The third-order valence-electron chi connectivity index (χ3n) is 8.84. The van der Waals surface area contributed by atoms with Crippen molar-refractivity contribution in [3.05, 3.63) is 113 Å². The van der Waals surface area contributed by atoms with E-state index in [2.05, 4.69) is 58.0 Å². The van der Waals surface area contributed by atoms with Gasteiger partial charge in [0.1, 0.15) is 17.3 Å². The molecule has 12 heteroatoms. The minimum atomic E-state index is -4.66. The van der Waals surface area contributed by atoms with Crippen LogP contribution in [0.25, 0.3) is 20.7 Å². The molecule has 1 fully saturated rings. The molecule has 50 heavy (non-hydrogen) atoms. The highest BCUT2D eigenvalue weighted by atomic mass is 32.1. The molecule has 0 saturated carbocycles. The predicted molar refractivity (Wildman–Crippen MR) is 186 cm³/mol. The van der Waals surface area contributed by atoms with Crippen molar-refractivity contribution in [2.24, 2.45) is 0 Å². The van der Waals surface area contributed by atoms with Crippen molar-refractivity contribution in [2.45, 2.75) is 25.6 Å². The van der Waals surface area contributed by atoms with Crippen molar-refractivity contribution >= 4 is 27.3 Å². The number of piperazine rings is 1. The summed E-state index contributed by atoms with van der Waals surface area (Å²) in [6.45, 7) is 7.37. The summed E-state index contributed by atoms with van der Waals surface area (Å²) in [5.41, 5.74) is 1.85. The number of carbonyl (C=O) groups excluding carboxylic acids is 1.